The van der Waals surface area contributed by atoms with Gasteiger partial charge in [-0.3, -0.25) is 4.90 Å². The van der Waals surface area contributed by atoms with Gasteiger partial charge in [-0.1, -0.05) is 13.0 Å². The molecule has 1 aliphatic rings. The van der Waals surface area contributed by atoms with Gasteiger partial charge < -0.3 is 5.11 Å². The average molecular weight is 166 g/mol. The van der Waals surface area contributed by atoms with Crippen molar-refractivity contribution in [3.8, 4) is 6.07 Å². The molecule has 1 rings (SSSR count). The highest BCUT2D eigenvalue weighted by Crippen LogP contribution is 2.10. The number of hydrogen-bond donors (Lipinski definition) is 1. The Morgan fingerprint density at radius 3 is 2.92 bits per heavy atom. The highest BCUT2D eigenvalue weighted by Gasteiger charge is 2.24. The summed E-state index contributed by atoms with van der Waals surface area (Å²) in [4.78, 5) is 2.18. The zero-order valence-corrected chi connectivity index (χ0v) is 7.27. The first-order valence-corrected chi connectivity index (χ1v) is 4.19. The van der Waals surface area contributed by atoms with Gasteiger partial charge in [-0.2, -0.15) is 5.26 Å². The van der Waals surface area contributed by atoms with Gasteiger partial charge in [-0.05, 0) is 5.92 Å². The standard InChI is InChI=1S/C9H14N2O/c1-8(3-2-4-10)5-11-6-9(12)7-11/h2-3,8-9,12H,5-7H2,1H3. The summed E-state index contributed by atoms with van der Waals surface area (Å²) >= 11 is 0. The van der Waals surface area contributed by atoms with Crippen molar-refractivity contribution >= 4 is 0 Å². The molecule has 1 atom stereocenters. The van der Waals surface area contributed by atoms with Gasteiger partial charge in [0.15, 0.2) is 0 Å². The molecule has 3 nitrogen and oxygen atoms in total. The molecule has 1 unspecified atom stereocenters. The summed E-state index contributed by atoms with van der Waals surface area (Å²) in [5, 5.41) is 17.3. The molecule has 0 aliphatic carbocycles. The van der Waals surface area contributed by atoms with E-state index in [2.05, 4.69) is 11.8 Å². The van der Waals surface area contributed by atoms with E-state index >= 15 is 0 Å². The van der Waals surface area contributed by atoms with E-state index < -0.39 is 0 Å². The first-order chi connectivity index (χ1) is 5.72. The molecular weight excluding hydrogens is 152 g/mol. The largest absolute Gasteiger partial charge is 0.390 e. The van der Waals surface area contributed by atoms with Gasteiger partial charge in [0.05, 0.1) is 12.2 Å². The predicted molar refractivity (Wildman–Crippen MR) is 46.4 cm³/mol. The van der Waals surface area contributed by atoms with E-state index in [4.69, 9.17) is 10.4 Å². The van der Waals surface area contributed by atoms with Crippen LogP contribution in [-0.2, 0) is 0 Å². The molecule has 1 fully saturated rings. The van der Waals surface area contributed by atoms with Crippen LogP contribution in [0.4, 0.5) is 0 Å². The molecule has 0 saturated carbocycles. The van der Waals surface area contributed by atoms with Crippen LogP contribution in [-0.4, -0.2) is 35.7 Å². The molecule has 66 valence electrons. The number of nitrogens with zero attached hydrogens (tertiary/aromatic N) is 2. The lowest BCUT2D eigenvalue weighted by atomic mass is 10.1. The molecule has 1 aliphatic heterocycles. The first kappa shape index (κ1) is 9.24. The molecule has 1 saturated heterocycles. The number of β-amino-alcohol motifs (C(OH)–C–C–N with tert-alkyl or cyclic N) is 1. The van der Waals surface area contributed by atoms with Crippen molar-refractivity contribution in [2.24, 2.45) is 5.92 Å². The fraction of sp³-hybridized carbons (Fsp3) is 0.667. The summed E-state index contributed by atoms with van der Waals surface area (Å²) in [6, 6.07) is 1.97. The molecule has 0 amide bonds. The van der Waals surface area contributed by atoms with Gasteiger partial charge in [0.25, 0.3) is 0 Å². The topological polar surface area (TPSA) is 47.3 Å². The Kier molecular flexibility index (Phi) is 3.27. The van der Waals surface area contributed by atoms with Crippen LogP contribution in [0.5, 0.6) is 0 Å². The molecule has 0 aromatic carbocycles. The normalized spacial score (nSPS) is 22.1. The number of nitriles is 1. The van der Waals surface area contributed by atoms with Crippen LogP contribution in [0.3, 0.4) is 0 Å². The minimum Gasteiger partial charge on any atom is -0.390 e. The maximum Gasteiger partial charge on any atom is 0.0908 e. The fourth-order valence-corrected chi connectivity index (χ4v) is 1.37. The highest BCUT2D eigenvalue weighted by atomic mass is 16.3. The van der Waals surface area contributed by atoms with Crippen molar-refractivity contribution in [1.29, 1.82) is 5.26 Å². The van der Waals surface area contributed by atoms with Crippen molar-refractivity contribution in [3.05, 3.63) is 12.2 Å². The summed E-state index contributed by atoms with van der Waals surface area (Å²) in [5.41, 5.74) is 0. The van der Waals surface area contributed by atoms with Gasteiger partial charge in [0, 0.05) is 25.7 Å². The minimum atomic E-state index is -0.128. The molecule has 1 N–H and O–H groups in total. The average Bonchev–Trinajstić information content (AvgIpc) is 1.98. The second kappa shape index (κ2) is 4.24. The smallest absolute Gasteiger partial charge is 0.0908 e. The molecule has 0 aromatic heterocycles. The van der Waals surface area contributed by atoms with Crippen LogP contribution in [0, 0.1) is 17.2 Å². The van der Waals surface area contributed by atoms with Gasteiger partial charge >= 0.3 is 0 Å². The fourth-order valence-electron chi connectivity index (χ4n) is 1.37. The molecule has 1 heterocycles. The summed E-state index contributed by atoms with van der Waals surface area (Å²) in [6.07, 6.45) is 3.28. The quantitative estimate of drug-likeness (QED) is 0.616. The van der Waals surface area contributed by atoms with Crippen molar-refractivity contribution in [3.63, 3.8) is 0 Å². The van der Waals surface area contributed by atoms with Crippen molar-refractivity contribution < 1.29 is 5.11 Å². The SMILES string of the molecule is CC(C=CC#N)CN1CC(O)C1. The number of hydrogen-bond acceptors (Lipinski definition) is 3. The Labute approximate surface area is 72.9 Å². The van der Waals surface area contributed by atoms with E-state index in [9.17, 15) is 0 Å². The number of aliphatic hydroxyl groups excluding tert-OH is 1. The summed E-state index contributed by atoms with van der Waals surface area (Å²) in [7, 11) is 0. The van der Waals surface area contributed by atoms with E-state index in [-0.39, 0.29) is 6.10 Å². The molecule has 0 radical (unpaired) electrons. The van der Waals surface area contributed by atoms with Gasteiger partial charge in [0.2, 0.25) is 0 Å². The van der Waals surface area contributed by atoms with Gasteiger partial charge in [-0.15, -0.1) is 0 Å². The Bertz CT molecular complexity index is 201. The van der Waals surface area contributed by atoms with Crippen LogP contribution < -0.4 is 0 Å². The van der Waals surface area contributed by atoms with E-state index in [1.165, 1.54) is 6.08 Å². The van der Waals surface area contributed by atoms with E-state index in [1.54, 1.807) is 0 Å². The summed E-state index contributed by atoms with van der Waals surface area (Å²) < 4.78 is 0. The number of likely N-dealkylation sites (tertiary alicyclic amines) is 1. The third kappa shape index (κ3) is 2.65. The van der Waals surface area contributed by atoms with Crippen LogP contribution in [0.2, 0.25) is 0 Å². The van der Waals surface area contributed by atoms with E-state index in [1.807, 2.05) is 12.1 Å². The summed E-state index contributed by atoms with van der Waals surface area (Å²) in [6.45, 7) is 4.57. The molecule has 0 bridgehead atoms. The zero-order chi connectivity index (χ0) is 8.97. The Morgan fingerprint density at radius 1 is 1.75 bits per heavy atom. The second-order valence-electron chi connectivity index (χ2n) is 3.34. The third-order valence-electron chi connectivity index (χ3n) is 1.98. The Balaban J connectivity index is 2.15. The third-order valence-corrected chi connectivity index (χ3v) is 1.98. The van der Waals surface area contributed by atoms with Crippen molar-refractivity contribution in [2.75, 3.05) is 19.6 Å². The van der Waals surface area contributed by atoms with Crippen molar-refractivity contribution in [1.82, 2.24) is 4.90 Å². The Morgan fingerprint density at radius 2 is 2.42 bits per heavy atom. The molecule has 12 heavy (non-hydrogen) atoms. The predicted octanol–water partition coefficient (Wildman–Crippen LogP) is 0.379. The second-order valence-corrected chi connectivity index (χ2v) is 3.34. The molecular formula is C9H14N2O. The van der Waals surface area contributed by atoms with Gasteiger partial charge in [-0.25, -0.2) is 0 Å². The lowest BCUT2D eigenvalue weighted by molar-refractivity contribution is -0.00213. The highest BCUT2D eigenvalue weighted by molar-refractivity contribution is 5.04. The van der Waals surface area contributed by atoms with Crippen LogP contribution in [0.25, 0.3) is 0 Å². The van der Waals surface area contributed by atoms with Crippen molar-refractivity contribution in [2.45, 2.75) is 13.0 Å². The number of aliphatic hydroxyl groups is 1. The maximum absolute atomic E-state index is 9.00. The van der Waals surface area contributed by atoms with Crippen LogP contribution in [0.1, 0.15) is 6.92 Å². The lowest BCUT2D eigenvalue weighted by Gasteiger charge is -2.36. The van der Waals surface area contributed by atoms with E-state index in [0.29, 0.717) is 5.92 Å². The first-order valence-electron chi connectivity index (χ1n) is 4.19. The monoisotopic (exact) mass is 166 g/mol. The maximum atomic E-state index is 9.00. The lowest BCUT2D eigenvalue weighted by Crippen LogP contribution is -2.51. The van der Waals surface area contributed by atoms with Gasteiger partial charge in [0.1, 0.15) is 0 Å². The van der Waals surface area contributed by atoms with Crippen LogP contribution in [0.15, 0.2) is 12.2 Å². The van der Waals surface area contributed by atoms with Crippen LogP contribution >= 0.6 is 0 Å². The number of allylic oxidation sites excluding steroid dienone is 1. The minimum absolute atomic E-state index is 0.128. The molecule has 3 heteroatoms. The van der Waals surface area contributed by atoms with E-state index in [0.717, 1.165) is 19.6 Å². The Hall–Kier alpha value is -0.850. The molecule has 0 aromatic rings. The summed E-state index contributed by atoms with van der Waals surface area (Å²) in [5.74, 6) is 0.400. The number of rotatable bonds is 3. The molecule has 0 spiro atoms. The zero-order valence-electron chi connectivity index (χ0n) is 7.27.